The summed E-state index contributed by atoms with van der Waals surface area (Å²) in [6.45, 7) is 5.11. The number of nitrogens with two attached hydrogens (primary N) is 1. The van der Waals surface area contributed by atoms with Crippen LogP contribution in [0.2, 0.25) is 0 Å². The van der Waals surface area contributed by atoms with E-state index >= 15 is 0 Å². The van der Waals surface area contributed by atoms with Gasteiger partial charge in [0, 0.05) is 25.7 Å². The first-order valence-electron chi connectivity index (χ1n) is 6.21. The molecule has 0 unspecified atom stereocenters. The molecule has 0 aromatic carbocycles. The van der Waals surface area contributed by atoms with Crippen LogP contribution >= 0.6 is 0 Å². The molecule has 0 bridgehead atoms. The summed E-state index contributed by atoms with van der Waals surface area (Å²) in [5, 5.41) is 4.52. The summed E-state index contributed by atoms with van der Waals surface area (Å²) in [4.78, 5) is 2.47. The molecule has 1 saturated heterocycles. The lowest BCUT2D eigenvalue weighted by Gasteiger charge is -2.29. The molecule has 0 atom stereocenters. The van der Waals surface area contributed by atoms with Crippen molar-refractivity contribution in [1.82, 2.24) is 9.78 Å². The number of aromatic nitrogens is 2. The second-order valence-corrected chi connectivity index (χ2v) is 4.60. The average molecular weight is 222 g/mol. The highest BCUT2D eigenvalue weighted by Crippen LogP contribution is 2.26. The zero-order chi connectivity index (χ0) is 11.5. The molecule has 1 aliphatic heterocycles. The average Bonchev–Trinajstić information content (AvgIpc) is 2.56. The third kappa shape index (κ3) is 2.07. The smallest absolute Gasteiger partial charge is 0.130 e. The first-order valence-corrected chi connectivity index (χ1v) is 6.21. The fraction of sp³-hybridized carbons (Fsp3) is 0.750. The number of piperidine rings is 1. The van der Waals surface area contributed by atoms with E-state index in [1.54, 1.807) is 0 Å². The number of nitrogens with zero attached hydrogens (tertiary/aromatic N) is 3. The number of hydrogen-bond donors (Lipinski definition) is 1. The molecule has 2 heterocycles. The molecular weight excluding hydrogens is 200 g/mol. The Morgan fingerprint density at radius 2 is 1.94 bits per heavy atom. The molecule has 2 N–H and O–H groups in total. The molecule has 0 aliphatic carbocycles. The normalized spacial score (nSPS) is 16.8. The maximum atomic E-state index is 5.68. The van der Waals surface area contributed by atoms with Crippen molar-refractivity contribution < 1.29 is 0 Å². The van der Waals surface area contributed by atoms with Crippen molar-refractivity contribution in [2.75, 3.05) is 24.5 Å². The summed E-state index contributed by atoms with van der Waals surface area (Å²) < 4.78 is 2.02. The third-order valence-corrected chi connectivity index (χ3v) is 3.36. The van der Waals surface area contributed by atoms with E-state index in [1.807, 2.05) is 11.7 Å². The van der Waals surface area contributed by atoms with Crippen LogP contribution in [0.1, 0.15) is 30.5 Å². The number of aryl methyl sites for hydroxylation is 2. The maximum Gasteiger partial charge on any atom is 0.130 e. The highest BCUT2D eigenvalue weighted by Gasteiger charge is 2.20. The number of anilines is 1. The number of rotatable bonds is 3. The van der Waals surface area contributed by atoms with Crippen molar-refractivity contribution >= 4 is 5.82 Å². The van der Waals surface area contributed by atoms with Crippen LogP contribution in [0.3, 0.4) is 0 Å². The van der Waals surface area contributed by atoms with Gasteiger partial charge in [-0.3, -0.25) is 4.68 Å². The Kier molecular flexibility index (Phi) is 3.49. The van der Waals surface area contributed by atoms with Crippen LogP contribution < -0.4 is 10.6 Å². The van der Waals surface area contributed by atoms with Crippen molar-refractivity contribution in [1.29, 1.82) is 0 Å². The van der Waals surface area contributed by atoms with Crippen molar-refractivity contribution in [3.63, 3.8) is 0 Å². The fourth-order valence-corrected chi connectivity index (χ4v) is 2.63. The summed E-state index contributed by atoms with van der Waals surface area (Å²) in [6, 6.07) is 0. The first-order chi connectivity index (χ1) is 7.74. The topological polar surface area (TPSA) is 47.1 Å². The highest BCUT2D eigenvalue weighted by atomic mass is 15.4. The van der Waals surface area contributed by atoms with Gasteiger partial charge in [0.15, 0.2) is 0 Å². The summed E-state index contributed by atoms with van der Waals surface area (Å²) in [6.07, 6.45) is 4.89. The Morgan fingerprint density at radius 1 is 1.25 bits per heavy atom. The number of hydrogen-bond acceptors (Lipinski definition) is 3. The SMILES string of the molecule is Cc1nn(C)c(N2CCCCC2)c1CCN. The standard InChI is InChI=1S/C12H22N4/c1-10-11(6-7-13)12(15(2)14-10)16-8-4-3-5-9-16/h3-9,13H2,1-2H3. The van der Waals surface area contributed by atoms with E-state index in [0.717, 1.165) is 25.2 Å². The summed E-state index contributed by atoms with van der Waals surface area (Å²) in [7, 11) is 2.04. The third-order valence-electron chi connectivity index (χ3n) is 3.36. The quantitative estimate of drug-likeness (QED) is 0.836. The van der Waals surface area contributed by atoms with Crippen molar-refractivity contribution in [3.05, 3.63) is 11.3 Å². The molecule has 2 rings (SSSR count). The highest BCUT2D eigenvalue weighted by molar-refractivity contribution is 5.50. The molecular formula is C12H22N4. The molecule has 0 amide bonds. The van der Waals surface area contributed by atoms with Crippen molar-refractivity contribution in [2.24, 2.45) is 12.8 Å². The van der Waals surface area contributed by atoms with E-state index in [4.69, 9.17) is 5.73 Å². The van der Waals surface area contributed by atoms with Gasteiger partial charge in [-0.15, -0.1) is 0 Å². The summed E-state index contributed by atoms with van der Waals surface area (Å²) in [5.74, 6) is 1.29. The molecule has 0 radical (unpaired) electrons. The van der Waals surface area contributed by atoms with Crippen LogP contribution in [0.4, 0.5) is 5.82 Å². The van der Waals surface area contributed by atoms with Crippen LogP contribution in [0.15, 0.2) is 0 Å². The molecule has 0 saturated carbocycles. The predicted octanol–water partition coefficient (Wildman–Crippen LogP) is 1.22. The molecule has 1 aromatic rings. The Morgan fingerprint density at radius 3 is 2.56 bits per heavy atom. The van der Waals surface area contributed by atoms with Gasteiger partial charge in [-0.2, -0.15) is 5.10 Å². The van der Waals surface area contributed by atoms with Gasteiger partial charge in [-0.25, -0.2) is 0 Å². The van der Waals surface area contributed by atoms with E-state index in [0.29, 0.717) is 6.54 Å². The minimum Gasteiger partial charge on any atom is -0.357 e. The summed E-state index contributed by atoms with van der Waals surface area (Å²) >= 11 is 0. The molecule has 90 valence electrons. The summed E-state index contributed by atoms with van der Waals surface area (Å²) in [5.41, 5.74) is 8.15. The minimum absolute atomic E-state index is 0.702. The molecule has 16 heavy (non-hydrogen) atoms. The van der Waals surface area contributed by atoms with Gasteiger partial charge in [0.25, 0.3) is 0 Å². The zero-order valence-corrected chi connectivity index (χ0v) is 10.4. The van der Waals surface area contributed by atoms with Gasteiger partial charge < -0.3 is 10.6 Å². The molecule has 1 aromatic heterocycles. The minimum atomic E-state index is 0.702. The van der Waals surface area contributed by atoms with Crippen LogP contribution in [0.5, 0.6) is 0 Å². The Hall–Kier alpha value is -1.03. The lowest BCUT2D eigenvalue weighted by atomic mass is 10.1. The van der Waals surface area contributed by atoms with E-state index < -0.39 is 0 Å². The predicted molar refractivity (Wildman–Crippen MR) is 66.8 cm³/mol. The van der Waals surface area contributed by atoms with Gasteiger partial charge in [-0.05, 0) is 39.2 Å². The van der Waals surface area contributed by atoms with Gasteiger partial charge >= 0.3 is 0 Å². The Balaban J connectivity index is 2.29. The zero-order valence-electron chi connectivity index (χ0n) is 10.4. The Bertz CT molecular complexity index is 350. The molecule has 0 spiro atoms. The monoisotopic (exact) mass is 222 g/mol. The van der Waals surface area contributed by atoms with Gasteiger partial charge in [0.1, 0.15) is 5.82 Å². The van der Waals surface area contributed by atoms with E-state index in [2.05, 4.69) is 16.9 Å². The largest absolute Gasteiger partial charge is 0.357 e. The van der Waals surface area contributed by atoms with Crippen LogP contribution in [0.25, 0.3) is 0 Å². The van der Waals surface area contributed by atoms with Gasteiger partial charge in [-0.1, -0.05) is 0 Å². The Labute approximate surface area is 97.4 Å². The second-order valence-electron chi connectivity index (χ2n) is 4.60. The molecule has 4 nitrogen and oxygen atoms in total. The van der Waals surface area contributed by atoms with E-state index in [9.17, 15) is 0 Å². The molecule has 1 aliphatic rings. The van der Waals surface area contributed by atoms with Crippen LogP contribution in [-0.4, -0.2) is 29.4 Å². The van der Waals surface area contributed by atoms with Crippen LogP contribution in [0, 0.1) is 6.92 Å². The fourth-order valence-electron chi connectivity index (χ4n) is 2.63. The van der Waals surface area contributed by atoms with Crippen molar-refractivity contribution in [3.8, 4) is 0 Å². The van der Waals surface area contributed by atoms with Gasteiger partial charge in [0.05, 0.1) is 5.69 Å². The van der Waals surface area contributed by atoms with Crippen LogP contribution in [-0.2, 0) is 13.5 Å². The van der Waals surface area contributed by atoms with Crippen molar-refractivity contribution in [2.45, 2.75) is 32.6 Å². The molecule has 4 heteroatoms. The van der Waals surface area contributed by atoms with E-state index in [1.165, 1.54) is 30.6 Å². The maximum absolute atomic E-state index is 5.68. The van der Waals surface area contributed by atoms with Gasteiger partial charge in [0.2, 0.25) is 0 Å². The lowest BCUT2D eigenvalue weighted by molar-refractivity contribution is 0.559. The first kappa shape index (κ1) is 11.5. The lowest BCUT2D eigenvalue weighted by Crippen LogP contribution is -2.32. The van der Waals surface area contributed by atoms with E-state index in [-0.39, 0.29) is 0 Å². The molecule has 1 fully saturated rings. The second kappa shape index (κ2) is 4.87.